The molecule has 0 aromatic rings. The van der Waals surface area contributed by atoms with Crippen LogP contribution in [-0.2, 0) is 0 Å². The van der Waals surface area contributed by atoms with Crippen LogP contribution < -0.4 is 5.32 Å². The number of aliphatic hydroxyl groups is 1. The van der Waals surface area contributed by atoms with E-state index in [1.807, 2.05) is 0 Å². The zero-order chi connectivity index (χ0) is 12.2. The van der Waals surface area contributed by atoms with E-state index in [2.05, 4.69) is 32.2 Å². The van der Waals surface area contributed by atoms with E-state index in [0.717, 1.165) is 25.7 Å². The first-order chi connectivity index (χ1) is 7.49. The van der Waals surface area contributed by atoms with Gasteiger partial charge in [0.15, 0.2) is 0 Å². The highest BCUT2D eigenvalue weighted by Gasteiger charge is 2.32. The van der Waals surface area contributed by atoms with Crippen molar-refractivity contribution < 1.29 is 5.11 Å². The van der Waals surface area contributed by atoms with Crippen LogP contribution in [0.3, 0.4) is 0 Å². The Morgan fingerprint density at radius 3 is 2.62 bits per heavy atom. The Hall–Kier alpha value is -0.590. The van der Waals surface area contributed by atoms with Crippen LogP contribution in [0.5, 0.6) is 0 Å². The molecule has 0 radical (unpaired) electrons. The molecule has 1 rings (SSSR count). The van der Waals surface area contributed by atoms with Gasteiger partial charge < -0.3 is 10.4 Å². The Labute approximate surface area is 98.8 Å². The predicted octanol–water partition coefficient (Wildman–Crippen LogP) is 2.07. The minimum atomic E-state index is 0.130. The lowest BCUT2D eigenvalue weighted by atomic mass is 9.84. The molecule has 92 valence electrons. The summed E-state index contributed by atoms with van der Waals surface area (Å²) >= 11 is 0. The molecule has 0 bridgehead atoms. The van der Waals surface area contributed by atoms with Gasteiger partial charge in [0.25, 0.3) is 0 Å². The van der Waals surface area contributed by atoms with Crippen molar-refractivity contribution in [2.75, 3.05) is 6.61 Å². The Morgan fingerprint density at radius 2 is 2.12 bits per heavy atom. The summed E-state index contributed by atoms with van der Waals surface area (Å²) in [6.45, 7) is 6.74. The lowest BCUT2D eigenvalue weighted by Crippen LogP contribution is -2.47. The van der Waals surface area contributed by atoms with E-state index < -0.39 is 0 Å². The number of hydrogen-bond acceptors (Lipinski definition) is 3. The third-order valence-electron chi connectivity index (χ3n) is 3.56. The molecule has 1 saturated carbocycles. The van der Waals surface area contributed by atoms with Crippen molar-refractivity contribution in [3.63, 3.8) is 0 Å². The fraction of sp³-hybridized carbons (Fsp3) is 0.923. The molecule has 1 fully saturated rings. The number of nitrogens with one attached hydrogen (secondary N) is 1. The molecule has 3 unspecified atom stereocenters. The maximum absolute atomic E-state index is 9.09. The number of rotatable bonds is 4. The summed E-state index contributed by atoms with van der Waals surface area (Å²) in [6, 6.07) is 3.00. The van der Waals surface area contributed by atoms with E-state index in [0.29, 0.717) is 6.04 Å². The Balaban J connectivity index is 2.58. The highest BCUT2D eigenvalue weighted by molar-refractivity contribution is 4.98. The zero-order valence-electron chi connectivity index (χ0n) is 10.7. The first-order valence-electron chi connectivity index (χ1n) is 6.25. The molecule has 2 N–H and O–H groups in total. The molecule has 0 heterocycles. The SMILES string of the molecule is CC(C)(C)C(CCO)NC1CCCC1C#N. The summed E-state index contributed by atoms with van der Waals surface area (Å²) in [6.07, 6.45) is 4.02. The highest BCUT2D eigenvalue weighted by atomic mass is 16.3. The normalized spacial score (nSPS) is 27.7. The van der Waals surface area contributed by atoms with E-state index in [1.165, 1.54) is 0 Å². The van der Waals surface area contributed by atoms with E-state index in [4.69, 9.17) is 10.4 Å². The van der Waals surface area contributed by atoms with Crippen LogP contribution in [0.4, 0.5) is 0 Å². The lowest BCUT2D eigenvalue weighted by Gasteiger charge is -2.34. The van der Waals surface area contributed by atoms with Gasteiger partial charge in [-0.1, -0.05) is 27.2 Å². The molecular formula is C13H24N2O. The molecule has 3 nitrogen and oxygen atoms in total. The maximum atomic E-state index is 9.09. The van der Waals surface area contributed by atoms with Gasteiger partial charge >= 0.3 is 0 Å². The number of nitrogens with zero attached hydrogens (tertiary/aromatic N) is 1. The van der Waals surface area contributed by atoms with Crippen LogP contribution >= 0.6 is 0 Å². The molecule has 0 aromatic carbocycles. The van der Waals surface area contributed by atoms with E-state index in [-0.39, 0.29) is 24.0 Å². The smallest absolute Gasteiger partial charge is 0.0672 e. The molecule has 0 aromatic heterocycles. The Bertz CT molecular complexity index is 252. The second kappa shape index (κ2) is 5.65. The Kier molecular flexibility index (Phi) is 4.76. The van der Waals surface area contributed by atoms with Crippen molar-refractivity contribution in [2.24, 2.45) is 11.3 Å². The van der Waals surface area contributed by atoms with Crippen molar-refractivity contribution in [1.29, 1.82) is 5.26 Å². The summed E-state index contributed by atoms with van der Waals surface area (Å²) in [5, 5.41) is 21.7. The third kappa shape index (κ3) is 3.47. The van der Waals surface area contributed by atoms with Gasteiger partial charge in [-0.05, 0) is 24.7 Å². The molecular weight excluding hydrogens is 200 g/mol. The van der Waals surface area contributed by atoms with Crippen LogP contribution in [0.2, 0.25) is 0 Å². The highest BCUT2D eigenvalue weighted by Crippen LogP contribution is 2.29. The zero-order valence-corrected chi connectivity index (χ0v) is 10.7. The first-order valence-corrected chi connectivity index (χ1v) is 6.25. The molecule has 3 heteroatoms. The quantitative estimate of drug-likeness (QED) is 0.768. The summed E-state index contributed by atoms with van der Waals surface area (Å²) in [4.78, 5) is 0. The summed E-state index contributed by atoms with van der Waals surface area (Å²) in [7, 11) is 0. The summed E-state index contributed by atoms with van der Waals surface area (Å²) in [5.41, 5.74) is 0.130. The first kappa shape index (κ1) is 13.5. The van der Waals surface area contributed by atoms with Gasteiger partial charge in [0.2, 0.25) is 0 Å². The van der Waals surface area contributed by atoms with Gasteiger partial charge in [-0.25, -0.2) is 0 Å². The monoisotopic (exact) mass is 224 g/mol. The van der Waals surface area contributed by atoms with E-state index in [9.17, 15) is 0 Å². The molecule has 0 aliphatic heterocycles. The summed E-state index contributed by atoms with van der Waals surface area (Å²) < 4.78 is 0. The van der Waals surface area contributed by atoms with Gasteiger partial charge in [-0.3, -0.25) is 0 Å². The van der Waals surface area contributed by atoms with Gasteiger partial charge in [-0.15, -0.1) is 0 Å². The van der Waals surface area contributed by atoms with Crippen molar-refractivity contribution in [2.45, 2.75) is 58.5 Å². The number of nitriles is 1. The largest absolute Gasteiger partial charge is 0.396 e. The number of hydrogen-bond donors (Lipinski definition) is 2. The van der Waals surface area contributed by atoms with Crippen molar-refractivity contribution in [3.05, 3.63) is 0 Å². The minimum absolute atomic E-state index is 0.130. The standard InChI is InChI=1S/C13H24N2O/c1-13(2,3)12(7-8-16)15-11-6-4-5-10(11)9-14/h10-12,15-16H,4-8H2,1-3H3. The second-order valence-corrected chi connectivity index (χ2v) is 5.87. The fourth-order valence-electron chi connectivity index (χ4n) is 2.47. The van der Waals surface area contributed by atoms with Crippen molar-refractivity contribution >= 4 is 0 Å². The lowest BCUT2D eigenvalue weighted by molar-refractivity contribution is 0.181. The second-order valence-electron chi connectivity index (χ2n) is 5.87. The molecule has 16 heavy (non-hydrogen) atoms. The topological polar surface area (TPSA) is 56.0 Å². The molecule has 0 spiro atoms. The van der Waals surface area contributed by atoms with Crippen molar-refractivity contribution in [3.8, 4) is 6.07 Å². The maximum Gasteiger partial charge on any atom is 0.0672 e. The third-order valence-corrected chi connectivity index (χ3v) is 3.56. The molecule has 1 aliphatic rings. The Morgan fingerprint density at radius 1 is 1.44 bits per heavy atom. The number of aliphatic hydroxyl groups excluding tert-OH is 1. The van der Waals surface area contributed by atoms with E-state index >= 15 is 0 Å². The average Bonchev–Trinajstić information content (AvgIpc) is 2.63. The fourth-order valence-corrected chi connectivity index (χ4v) is 2.47. The molecule has 0 amide bonds. The summed E-state index contributed by atoms with van der Waals surface area (Å²) in [5.74, 6) is 0.156. The van der Waals surface area contributed by atoms with Crippen LogP contribution in [0, 0.1) is 22.7 Å². The van der Waals surface area contributed by atoms with Gasteiger partial charge in [-0.2, -0.15) is 5.26 Å². The average molecular weight is 224 g/mol. The van der Waals surface area contributed by atoms with Gasteiger partial charge in [0.1, 0.15) is 0 Å². The van der Waals surface area contributed by atoms with Crippen LogP contribution in [0.15, 0.2) is 0 Å². The molecule has 1 aliphatic carbocycles. The molecule has 0 saturated heterocycles. The van der Waals surface area contributed by atoms with Crippen LogP contribution in [-0.4, -0.2) is 23.8 Å². The van der Waals surface area contributed by atoms with Crippen LogP contribution in [0.25, 0.3) is 0 Å². The minimum Gasteiger partial charge on any atom is -0.396 e. The van der Waals surface area contributed by atoms with Gasteiger partial charge in [0, 0.05) is 18.7 Å². The van der Waals surface area contributed by atoms with Gasteiger partial charge in [0.05, 0.1) is 12.0 Å². The van der Waals surface area contributed by atoms with Crippen molar-refractivity contribution in [1.82, 2.24) is 5.32 Å². The van der Waals surface area contributed by atoms with Crippen LogP contribution in [0.1, 0.15) is 46.5 Å². The van der Waals surface area contributed by atoms with E-state index in [1.54, 1.807) is 0 Å². The molecule has 3 atom stereocenters. The predicted molar refractivity (Wildman–Crippen MR) is 64.8 cm³/mol.